The van der Waals surface area contributed by atoms with Gasteiger partial charge in [-0.15, -0.1) is 0 Å². The second-order valence-corrected chi connectivity index (χ2v) is 3.23. The topological polar surface area (TPSA) is 38.9 Å². The van der Waals surface area contributed by atoms with Gasteiger partial charge in [-0.05, 0) is 6.07 Å². The van der Waals surface area contributed by atoms with Crippen LogP contribution in [-0.4, -0.2) is 17.7 Å². The molecule has 2 nitrogen and oxygen atoms in total. The summed E-state index contributed by atoms with van der Waals surface area (Å²) < 4.78 is 50.4. The summed E-state index contributed by atoms with van der Waals surface area (Å²) >= 11 is 5.47. The molecule has 0 bridgehead atoms. The molecule has 84 valence electrons. The van der Waals surface area contributed by atoms with Gasteiger partial charge in [-0.3, -0.25) is 0 Å². The average molecular weight is 243 g/mol. The van der Waals surface area contributed by atoms with Crippen LogP contribution in [0.5, 0.6) is 0 Å². The Labute approximate surface area is 88.1 Å². The Morgan fingerprint density at radius 3 is 2.47 bits per heavy atom. The van der Waals surface area contributed by atoms with Crippen molar-refractivity contribution in [3.63, 3.8) is 0 Å². The molecule has 0 amide bonds. The maximum atomic E-state index is 13.1. The van der Waals surface area contributed by atoms with E-state index in [1.54, 1.807) is 0 Å². The summed E-state index contributed by atoms with van der Waals surface area (Å²) in [5.74, 6) is -3.37. The van der Waals surface area contributed by atoms with Crippen LogP contribution in [0, 0.1) is 5.95 Å². The zero-order chi connectivity index (χ0) is 11.6. The van der Waals surface area contributed by atoms with Gasteiger partial charge in [0.2, 0.25) is 5.95 Å². The summed E-state index contributed by atoms with van der Waals surface area (Å²) in [5, 5.41) is -0.324. The quantitative estimate of drug-likeness (QED) is 0.639. The Bertz CT molecular complexity index is 333. The maximum absolute atomic E-state index is 13.1. The number of nitrogens with two attached hydrogens (primary N) is 1. The van der Waals surface area contributed by atoms with Gasteiger partial charge in [0.1, 0.15) is 0 Å². The second kappa shape index (κ2) is 4.32. The van der Waals surface area contributed by atoms with Crippen LogP contribution in [0.2, 0.25) is 5.02 Å². The number of hydrogen-bond acceptors (Lipinski definition) is 2. The van der Waals surface area contributed by atoms with Crippen molar-refractivity contribution in [3.8, 4) is 0 Å². The minimum absolute atomic E-state index is 0.324. The van der Waals surface area contributed by atoms with Crippen molar-refractivity contribution in [2.75, 3.05) is 6.54 Å². The predicted octanol–water partition coefficient (Wildman–Crippen LogP) is 2.48. The fourth-order valence-corrected chi connectivity index (χ4v) is 1.42. The van der Waals surface area contributed by atoms with Gasteiger partial charge in [-0.25, -0.2) is 4.98 Å². The molecule has 1 atom stereocenters. The van der Waals surface area contributed by atoms with Gasteiger partial charge in [0.15, 0.2) is 0 Å². The molecule has 1 aromatic heterocycles. The van der Waals surface area contributed by atoms with Crippen LogP contribution in [0.25, 0.3) is 0 Å². The Morgan fingerprint density at radius 1 is 1.47 bits per heavy atom. The summed E-state index contributed by atoms with van der Waals surface area (Å²) in [6.45, 7) is -0.772. The third-order valence-corrected chi connectivity index (χ3v) is 2.20. The van der Waals surface area contributed by atoms with Gasteiger partial charge in [-0.2, -0.15) is 17.6 Å². The summed E-state index contributed by atoms with van der Waals surface area (Å²) in [6.07, 6.45) is -3.65. The van der Waals surface area contributed by atoms with Crippen molar-refractivity contribution in [2.24, 2.45) is 5.73 Å². The molecule has 0 aliphatic carbocycles. The van der Waals surface area contributed by atoms with Crippen molar-refractivity contribution < 1.29 is 17.6 Å². The number of rotatable bonds is 2. The molecule has 0 saturated heterocycles. The van der Waals surface area contributed by atoms with E-state index in [1.807, 2.05) is 0 Å². The summed E-state index contributed by atoms with van der Waals surface area (Å²) in [7, 11) is 0. The van der Waals surface area contributed by atoms with E-state index in [0.717, 1.165) is 12.3 Å². The first-order valence-corrected chi connectivity index (χ1v) is 4.32. The largest absolute Gasteiger partial charge is 0.397 e. The Balaban J connectivity index is 3.24. The molecule has 15 heavy (non-hydrogen) atoms. The Kier molecular flexibility index (Phi) is 3.51. The van der Waals surface area contributed by atoms with E-state index in [9.17, 15) is 17.6 Å². The highest BCUT2D eigenvalue weighted by molar-refractivity contribution is 6.31. The lowest BCUT2D eigenvalue weighted by Gasteiger charge is -2.19. The maximum Gasteiger partial charge on any atom is 0.397 e. The van der Waals surface area contributed by atoms with E-state index in [0.29, 0.717) is 0 Å². The molecular weight excluding hydrogens is 236 g/mol. The molecule has 1 aromatic rings. The van der Waals surface area contributed by atoms with E-state index < -0.39 is 30.2 Å². The Morgan fingerprint density at radius 2 is 2.07 bits per heavy atom. The third kappa shape index (κ3) is 2.57. The molecule has 0 aromatic carbocycles. The molecule has 7 heteroatoms. The van der Waals surface area contributed by atoms with Crippen LogP contribution >= 0.6 is 11.6 Å². The normalized spacial score (nSPS) is 14.0. The number of aromatic nitrogens is 1. The first-order chi connectivity index (χ1) is 6.88. The minimum Gasteiger partial charge on any atom is -0.330 e. The highest BCUT2D eigenvalue weighted by Crippen LogP contribution is 2.37. The standard InChI is InChI=1S/C8H7ClF4N2/c9-5-1-2-15-7(10)6(5)4(3-14)8(11,12)13/h1-2,4H,3,14H2. The molecule has 0 fully saturated rings. The van der Waals surface area contributed by atoms with Crippen LogP contribution in [-0.2, 0) is 0 Å². The molecular formula is C8H7ClF4N2. The van der Waals surface area contributed by atoms with Gasteiger partial charge in [0, 0.05) is 18.3 Å². The summed E-state index contributed by atoms with van der Waals surface area (Å²) in [4.78, 5) is 3.12. The SMILES string of the molecule is NCC(c1c(Cl)ccnc1F)C(F)(F)F. The number of halogens is 5. The van der Waals surface area contributed by atoms with Gasteiger partial charge in [0.05, 0.1) is 10.9 Å². The van der Waals surface area contributed by atoms with Crippen LogP contribution in [0.3, 0.4) is 0 Å². The molecule has 1 heterocycles. The average Bonchev–Trinajstić information content (AvgIpc) is 2.09. The van der Waals surface area contributed by atoms with Gasteiger partial charge in [0.25, 0.3) is 0 Å². The first-order valence-electron chi connectivity index (χ1n) is 3.94. The van der Waals surface area contributed by atoms with Crippen molar-refractivity contribution in [1.29, 1.82) is 0 Å². The number of pyridine rings is 1. The lowest BCUT2D eigenvalue weighted by Crippen LogP contribution is -2.29. The first kappa shape index (κ1) is 12.2. The van der Waals surface area contributed by atoms with E-state index in [2.05, 4.69) is 4.98 Å². The van der Waals surface area contributed by atoms with Gasteiger partial charge < -0.3 is 5.73 Å². The summed E-state index contributed by atoms with van der Waals surface area (Å²) in [6, 6.07) is 1.09. The highest BCUT2D eigenvalue weighted by Gasteiger charge is 2.42. The second-order valence-electron chi connectivity index (χ2n) is 2.83. The molecule has 0 radical (unpaired) electrons. The monoisotopic (exact) mass is 242 g/mol. The highest BCUT2D eigenvalue weighted by atomic mass is 35.5. The molecule has 0 aliphatic heterocycles. The van der Waals surface area contributed by atoms with Gasteiger partial charge in [-0.1, -0.05) is 11.6 Å². The van der Waals surface area contributed by atoms with E-state index in [-0.39, 0.29) is 5.02 Å². The molecule has 0 spiro atoms. The number of nitrogens with zero attached hydrogens (tertiary/aromatic N) is 1. The molecule has 1 rings (SSSR count). The van der Waals surface area contributed by atoms with E-state index in [4.69, 9.17) is 17.3 Å². The lowest BCUT2D eigenvalue weighted by molar-refractivity contribution is -0.148. The van der Waals surface area contributed by atoms with Crippen molar-refractivity contribution in [1.82, 2.24) is 4.98 Å². The molecule has 0 saturated carbocycles. The number of alkyl halides is 3. The molecule has 0 aliphatic rings. The Hall–Kier alpha value is -0.880. The van der Waals surface area contributed by atoms with Gasteiger partial charge >= 0.3 is 6.18 Å². The lowest BCUT2D eigenvalue weighted by atomic mass is 10.0. The zero-order valence-electron chi connectivity index (χ0n) is 7.35. The molecule has 1 unspecified atom stereocenters. The van der Waals surface area contributed by atoms with Crippen LogP contribution < -0.4 is 5.73 Å². The van der Waals surface area contributed by atoms with Crippen LogP contribution in [0.1, 0.15) is 11.5 Å². The fraction of sp³-hybridized carbons (Fsp3) is 0.375. The minimum atomic E-state index is -4.64. The van der Waals surface area contributed by atoms with E-state index in [1.165, 1.54) is 0 Å². The van der Waals surface area contributed by atoms with E-state index >= 15 is 0 Å². The smallest absolute Gasteiger partial charge is 0.330 e. The van der Waals surface area contributed by atoms with Crippen LogP contribution in [0.4, 0.5) is 17.6 Å². The number of hydrogen-bond donors (Lipinski definition) is 1. The van der Waals surface area contributed by atoms with Crippen molar-refractivity contribution >= 4 is 11.6 Å². The predicted molar refractivity (Wildman–Crippen MR) is 47.1 cm³/mol. The van der Waals surface area contributed by atoms with Crippen molar-refractivity contribution in [2.45, 2.75) is 12.1 Å². The summed E-state index contributed by atoms with van der Waals surface area (Å²) in [5.41, 5.74) is 4.26. The fourth-order valence-electron chi connectivity index (χ4n) is 1.15. The zero-order valence-corrected chi connectivity index (χ0v) is 8.11. The molecule has 2 N–H and O–H groups in total. The van der Waals surface area contributed by atoms with Crippen LogP contribution in [0.15, 0.2) is 12.3 Å². The third-order valence-electron chi connectivity index (χ3n) is 1.87. The van der Waals surface area contributed by atoms with Crippen molar-refractivity contribution in [3.05, 3.63) is 28.8 Å².